The van der Waals surface area contributed by atoms with E-state index in [-0.39, 0.29) is 17.1 Å². The molecular weight excluding hydrogens is 543 g/mol. The maximum Gasteiger partial charge on any atom is 0.138 e. The number of benzene rings is 3. The Hall–Kier alpha value is -4.15. The van der Waals surface area contributed by atoms with Gasteiger partial charge >= 0.3 is 0 Å². The van der Waals surface area contributed by atoms with E-state index in [1.807, 2.05) is 60.7 Å². The predicted octanol–water partition coefficient (Wildman–Crippen LogP) is 8.56. The molecule has 5 rings (SSSR count). The van der Waals surface area contributed by atoms with Gasteiger partial charge in [0, 0.05) is 5.69 Å². The molecule has 0 saturated heterocycles. The number of para-hydroxylation sites is 2. The fraction of sp³-hybridized carbons (Fsp3) is 0.133. The fourth-order valence-corrected chi connectivity index (χ4v) is 6.77. The molecule has 9 heteroatoms. The second-order valence-electron chi connectivity index (χ2n) is 8.91. The number of nitrogens with one attached hydrogen (secondary N) is 1. The van der Waals surface area contributed by atoms with Gasteiger partial charge in [-0.1, -0.05) is 62.0 Å². The maximum atomic E-state index is 11.0. The molecule has 0 radical (unpaired) electrons. The lowest BCUT2D eigenvalue weighted by atomic mass is 10.0. The van der Waals surface area contributed by atoms with Crippen LogP contribution < -0.4 is 5.32 Å². The first-order chi connectivity index (χ1) is 19.0. The monoisotopic (exact) mass is 565 g/mol. The standard InChI is InChI=1S/C30H23N5OS3/c1-18(2)19-11-13-20(14-12-19)33-28(22(16-32)30-35-24-8-4-6-10-27(24)39-30)37-17-25(36)21(15-31)29-34-23-7-3-5-9-26(23)38-29/h3-14,18,33,36H,17H2,1-2H3/b25-21-,28-22?. The number of nitrogens with zero attached hydrogens (tertiary/aromatic N) is 4. The van der Waals surface area contributed by atoms with E-state index in [1.165, 1.54) is 40.0 Å². The Morgan fingerprint density at radius 3 is 1.90 bits per heavy atom. The average molecular weight is 566 g/mol. The van der Waals surface area contributed by atoms with Crippen molar-refractivity contribution in [2.75, 3.05) is 11.1 Å². The van der Waals surface area contributed by atoms with E-state index >= 15 is 0 Å². The summed E-state index contributed by atoms with van der Waals surface area (Å²) in [7, 11) is 0. The largest absolute Gasteiger partial charge is 0.510 e. The van der Waals surface area contributed by atoms with Crippen LogP contribution in [0.3, 0.4) is 0 Å². The molecule has 0 amide bonds. The van der Waals surface area contributed by atoms with Crippen LogP contribution in [-0.2, 0) is 0 Å². The van der Waals surface area contributed by atoms with Gasteiger partial charge < -0.3 is 10.4 Å². The van der Waals surface area contributed by atoms with E-state index in [1.54, 1.807) is 0 Å². The first-order valence-corrected chi connectivity index (χ1v) is 14.8. The Labute approximate surface area is 238 Å². The predicted molar refractivity (Wildman–Crippen MR) is 164 cm³/mol. The smallest absolute Gasteiger partial charge is 0.138 e. The molecule has 0 saturated carbocycles. The van der Waals surface area contributed by atoms with Crippen molar-refractivity contribution in [1.82, 2.24) is 9.97 Å². The first-order valence-electron chi connectivity index (χ1n) is 12.1. The maximum absolute atomic E-state index is 11.0. The van der Waals surface area contributed by atoms with Gasteiger partial charge in [-0.05, 0) is 47.9 Å². The number of thiazole rings is 2. The molecule has 0 aliphatic heterocycles. The summed E-state index contributed by atoms with van der Waals surface area (Å²) in [4.78, 5) is 9.21. The number of nitriles is 2. The van der Waals surface area contributed by atoms with Crippen molar-refractivity contribution >= 4 is 71.7 Å². The molecular formula is C30H23N5OS3. The molecule has 0 unspecified atom stereocenters. The highest BCUT2D eigenvalue weighted by Crippen LogP contribution is 2.35. The fourth-order valence-electron chi connectivity index (χ4n) is 3.86. The van der Waals surface area contributed by atoms with Crippen LogP contribution in [0, 0.1) is 22.7 Å². The van der Waals surface area contributed by atoms with E-state index in [0.29, 0.717) is 26.5 Å². The summed E-state index contributed by atoms with van der Waals surface area (Å²) < 4.78 is 1.92. The molecule has 0 fully saturated rings. The second-order valence-corrected chi connectivity index (χ2v) is 12.0. The normalized spacial score (nSPS) is 12.6. The molecule has 0 aliphatic carbocycles. The van der Waals surface area contributed by atoms with Crippen molar-refractivity contribution < 1.29 is 5.11 Å². The zero-order chi connectivity index (χ0) is 27.4. The summed E-state index contributed by atoms with van der Waals surface area (Å²) in [6.45, 7) is 4.27. The first kappa shape index (κ1) is 26.5. The number of hydrogen-bond donors (Lipinski definition) is 2. The highest BCUT2D eigenvalue weighted by atomic mass is 32.2. The Bertz CT molecular complexity index is 1730. The average Bonchev–Trinajstić information content (AvgIpc) is 3.57. The van der Waals surface area contributed by atoms with Crippen molar-refractivity contribution in [3.63, 3.8) is 0 Å². The molecule has 0 spiro atoms. The molecule has 39 heavy (non-hydrogen) atoms. The van der Waals surface area contributed by atoms with E-state index in [4.69, 9.17) is 0 Å². The molecule has 5 aromatic rings. The van der Waals surface area contributed by atoms with Crippen LogP contribution in [0.15, 0.2) is 83.6 Å². The number of hydrogen-bond acceptors (Lipinski definition) is 9. The number of thioether (sulfide) groups is 1. The number of aliphatic hydroxyl groups is 1. The number of fused-ring (bicyclic) bond motifs is 2. The molecule has 2 heterocycles. The van der Waals surface area contributed by atoms with Gasteiger partial charge in [-0.15, -0.1) is 22.7 Å². The molecule has 192 valence electrons. The summed E-state index contributed by atoms with van der Waals surface area (Å²) in [5.74, 6) is 0.369. The third kappa shape index (κ3) is 5.81. The highest BCUT2D eigenvalue weighted by Gasteiger charge is 2.19. The van der Waals surface area contributed by atoms with Crippen molar-refractivity contribution in [3.05, 3.63) is 99.2 Å². The van der Waals surface area contributed by atoms with E-state index in [2.05, 4.69) is 53.4 Å². The lowest BCUT2D eigenvalue weighted by molar-refractivity contribution is 0.421. The van der Waals surface area contributed by atoms with Crippen molar-refractivity contribution in [1.29, 1.82) is 10.5 Å². The van der Waals surface area contributed by atoms with Crippen molar-refractivity contribution in [2.24, 2.45) is 0 Å². The zero-order valence-corrected chi connectivity index (χ0v) is 23.6. The molecule has 0 atom stereocenters. The minimum Gasteiger partial charge on any atom is -0.510 e. The van der Waals surface area contributed by atoms with E-state index in [9.17, 15) is 15.6 Å². The minimum absolute atomic E-state index is 0.0707. The van der Waals surface area contributed by atoms with Crippen LogP contribution in [-0.4, -0.2) is 20.8 Å². The van der Waals surface area contributed by atoms with Crippen LogP contribution in [0.4, 0.5) is 5.69 Å². The quantitative estimate of drug-likeness (QED) is 0.143. The highest BCUT2D eigenvalue weighted by molar-refractivity contribution is 8.03. The third-order valence-electron chi connectivity index (χ3n) is 5.94. The van der Waals surface area contributed by atoms with Crippen LogP contribution in [0.5, 0.6) is 0 Å². The van der Waals surface area contributed by atoms with Gasteiger partial charge in [0.25, 0.3) is 0 Å². The van der Waals surface area contributed by atoms with Crippen molar-refractivity contribution in [3.8, 4) is 12.1 Å². The summed E-state index contributed by atoms with van der Waals surface area (Å²) in [6.07, 6.45) is 0. The van der Waals surface area contributed by atoms with Gasteiger partial charge in [0.05, 0.1) is 31.2 Å². The number of aromatic nitrogens is 2. The molecule has 2 N–H and O–H groups in total. The van der Waals surface area contributed by atoms with Crippen LogP contribution in [0.25, 0.3) is 31.6 Å². The van der Waals surface area contributed by atoms with Gasteiger partial charge in [-0.25, -0.2) is 9.97 Å². The molecule has 3 aromatic carbocycles. The lowest BCUT2D eigenvalue weighted by Crippen LogP contribution is -2.03. The number of anilines is 1. The zero-order valence-electron chi connectivity index (χ0n) is 21.2. The van der Waals surface area contributed by atoms with Gasteiger partial charge in [0.15, 0.2) is 0 Å². The van der Waals surface area contributed by atoms with Crippen LogP contribution >= 0.6 is 34.4 Å². The molecule has 2 aromatic heterocycles. The number of allylic oxidation sites excluding steroid dienone is 2. The Morgan fingerprint density at radius 2 is 1.38 bits per heavy atom. The SMILES string of the molecule is CC(C)c1ccc(NC(SC/C(O)=C(\C#N)c2nc3ccccc3s2)=C(C#N)c2nc3ccccc3s2)cc1. The van der Waals surface area contributed by atoms with Gasteiger partial charge in [-0.3, -0.25) is 0 Å². The number of aliphatic hydroxyl groups excluding tert-OH is 1. The van der Waals surface area contributed by atoms with E-state index < -0.39 is 0 Å². The Morgan fingerprint density at radius 1 is 0.846 bits per heavy atom. The minimum atomic E-state index is -0.0994. The Kier molecular flexibility index (Phi) is 7.94. The number of rotatable bonds is 8. The molecule has 6 nitrogen and oxygen atoms in total. The third-order valence-corrected chi connectivity index (χ3v) is 9.06. The lowest BCUT2D eigenvalue weighted by Gasteiger charge is -2.14. The van der Waals surface area contributed by atoms with Crippen LogP contribution in [0.1, 0.15) is 35.3 Å². The van der Waals surface area contributed by atoms with Gasteiger partial charge in [0.1, 0.15) is 39.1 Å². The topological polar surface area (TPSA) is 106 Å². The van der Waals surface area contributed by atoms with Gasteiger partial charge in [0.2, 0.25) is 0 Å². The summed E-state index contributed by atoms with van der Waals surface area (Å²) >= 11 is 4.05. The van der Waals surface area contributed by atoms with Crippen molar-refractivity contribution in [2.45, 2.75) is 19.8 Å². The van der Waals surface area contributed by atoms with Gasteiger partial charge in [-0.2, -0.15) is 10.5 Å². The summed E-state index contributed by atoms with van der Waals surface area (Å²) in [5.41, 5.74) is 4.12. The molecule has 0 aliphatic rings. The van der Waals surface area contributed by atoms with Crippen LogP contribution in [0.2, 0.25) is 0 Å². The van der Waals surface area contributed by atoms with E-state index in [0.717, 1.165) is 26.1 Å². The molecule has 0 bridgehead atoms. The Balaban J connectivity index is 1.51. The summed E-state index contributed by atoms with van der Waals surface area (Å²) in [5, 5.41) is 36.0. The second kappa shape index (κ2) is 11.7. The summed E-state index contributed by atoms with van der Waals surface area (Å²) in [6, 6.07) is 27.8.